The number of hydrogen-bond donors (Lipinski definition) is 0. The van der Waals surface area contributed by atoms with Crippen molar-refractivity contribution in [2.24, 2.45) is 0 Å². The molecular weight excluding hydrogens is 416 g/mol. The van der Waals surface area contributed by atoms with E-state index in [2.05, 4.69) is 22.4 Å². The maximum absolute atomic E-state index is 13.7. The minimum atomic E-state index is 0.0289. The summed E-state index contributed by atoms with van der Waals surface area (Å²) >= 11 is 3.19. The molecular formula is C21H22N6OS2. The Labute approximate surface area is 182 Å². The summed E-state index contributed by atoms with van der Waals surface area (Å²) in [6.07, 6.45) is 5.31. The van der Waals surface area contributed by atoms with Crippen molar-refractivity contribution in [2.45, 2.75) is 56.5 Å². The Morgan fingerprint density at radius 1 is 1.17 bits per heavy atom. The highest BCUT2D eigenvalue weighted by molar-refractivity contribution is 7.98. The van der Waals surface area contributed by atoms with Gasteiger partial charge in [-0.1, -0.05) is 36.9 Å². The largest absolute Gasteiger partial charge is 0.268 e. The lowest BCUT2D eigenvalue weighted by atomic mass is 9.97. The molecule has 0 N–H and O–H groups in total. The fraction of sp³-hybridized carbons (Fsp3) is 0.381. The zero-order valence-corrected chi connectivity index (χ0v) is 18.4. The Kier molecular flexibility index (Phi) is 5.39. The lowest BCUT2D eigenvalue weighted by molar-refractivity contribution is 0.564. The fourth-order valence-corrected chi connectivity index (χ4v) is 6.18. The Morgan fingerprint density at radius 2 is 2.00 bits per heavy atom. The summed E-state index contributed by atoms with van der Waals surface area (Å²) < 4.78 is 3.57. The van der Waals surface area contributed by atoms with Crippen LogP contribution in [-0.2, 0) is 25.1 Å². The van der Waals surface area contributed by atoms with Crippen LogP contribution in [-0.4, -0.2) is 29.8 Å². The number of benzene rings is 1. The van der Waals surface area contributed by atoms with Gasteiger partial charge in [-0.25, -0.2) is 9.67 Å². The molecule has 0 saturated carbocycles. The summed E-state index contributed by atoms with van der Waals surface area (Å²) in [5.41, 5.74) is 2.08. The quantitative estimate of drug-likeness (QED) is 0.334. The molecule has 1 aromatic carbocycles. The number of thioether (sulfide) groups is 1. The third-order valence-electron chi connectivity index (χ3n) is 5.34. The summed E-state index contributed by atoms with van der Waals surface area (Å²) in [6.45, 7) is 2.87. The van der Waals surface area contributed by atoms with Crippen LogP contribution in [0.5, 0.6) is 0 Å². The Morgan fingerprint density at radius 3 is 2.83 bits per heavy atom. The van der Waals surface area contributed by atoms with Crippen LogP contribution in [0.2, 0.25) is 0 Å². The number of fused-ring (bicyclic) bond motifs is 3. The first kappa shape index (κ1) is 19.4. The van der Waals surface area contributed by atoms with Gasteiger partial charge in [-0.15, -0.1) is 16.4 Å². The van der Waals surface area contributed by atoms with E-state index in [-0.39, 0.29) is 5.56 Å². The van der Waals surface area contributed by atoms with Crippen molar-refractivity contribution in [1.29, 1.82) is 0 Å². The standard InChI is InChI=1S/C21H22N6OS2/c1-2-12-26-17(23-24-25-26)13-29-21-22-19-18(15-10-6-7-11-16(15)30-19)20(28)27(21)14-8-4-3-5-9-14/h3-5,8-9H,2,6-7,10-13H2,1H3. The molecule has 0 saturated heterocycles. The Balaban J connectivity index is 1.62. The number of rotatable bonds is 6. The monoisotopic (exact) mass is 438 g/mol. The summed E-state index contributed by atoms with van der Waals surface area (Å²) in [5, 5.41) is 13.5. The van der Waals surface area contributed by atoms with Gasteiger partial charge in [-0.05, 0) is 60.2 Å². The molecule has 3 aromatic heterocycles. The molecule has 30 heavy (non-hydrogen) atoms. The highest BCUT2D eigenvalue weighted by atomic mass is 32.2. The van der Waals surface area contributed by atoms with Gasteiger partial charge >= 0.3 is 0 Å². The highest BCUT2D eigenvalue weighted by Gasteiger charge is 2.23. The third-order valence-corrected chi connectivity index (χ3v) is 7.46. The molecule has 1 aliphatic rings. The van der Waals surface area contributed by atoms with E-state index in [0.717, 1.165) is 54.0 Å². The van der Waals surface area contributed by atoms with Crippen molar-refractivity contribution in [3.05, 3.63) is 57.0 Å². The van der Waals surface area contributed by atoms with Gasteiger partial charge in [-0.3, -0.25) is 9.36 Å². The number of hydrogen-bond acceptors (Lipinski definition) is 7. The molecule has 7 nitrogen and oxygen atoms in total. The normalized spacial score (nSPS) is 13.6. The summed E-state index contributed by atoms with van der Waals surface area (Å²) in [6, 6.07) is 9.77. The second-order valence-corrected chi connectivity index (χ2v) is 9.39. The van der Waals surface area contributed by atoms with Gasteiger partial charge in [0.2, 0.25) is 0 Å². The van der Waals surface area contributed by atoms with E-state index in [1.807, 2.05) is 35.0 Å². The van der Waals surface area contributed by atoms with Crippen LogP contribution < -0.4 is 5.56 Å². The first-order valence-corrected chi connectivity index (χ1v) is 12.1. The number of tetrazole rings is 1. The van der Waals surface area contributed by atoms with Crippen molar-refractivity contribution in [1.82, 2.24) is 29.8 Å². The SMILES string of the molecule is CCCn1nnnc1CSc1nc2sc3c(c2c(=O)n1-c1ccccc1)CCCC3. The van der Waals surface area contributed by atoms with Crippen LogP contribution >= 0.6 is 23.1 Å². The van der Waals surface area contributed by atoms with Crippen LogP contribution in [0.3, 0.4) is 0 Å². The van der Waals surface area contributed by atoms with Crippen LogP contribution in [0.1, 0.15) is 42.5 Å². The molecule has 154 valence electrons. The van der Waals surface area contributed by atoms with Gasteiger partial charge in [0.05, 0.1) is 16.8 Å². The third kappa shape index (κ3) is 3.45. The van der Waals surface area contributed by atoms with E-state index in [9.17, 15) is 4.79 Å². The minimum Gasteiger partial charge on any atom is -0.268 e. The van der Waals surface area contributed by atoms with Crippen molar-refractivity contribution in [2.75, 3.05) is 0 Å². The molecule has 0 atom stereocenters. The molecule has 0 radical (unpaired) electrons. The summed E-state index contributed by atoms with van der Waals surface area (Å²) in [5.74, 6) is 1.35. The van der Waals surface area contributed by atoms with E-state index in [4.69, 9.17) is 4.98 Å². The zero-order valence-electron chi connectivity index (χ0n) is 16.7. The lowest BCUT2D eigenvalue weighted by Gasteiger charge is -2.13. The molecule has 0 fully saturated rings. The maximum Gasteiger partial charge on any atom is 0.267 e. The average Bonchev–Trinajstić information content (AvgIpc) is 3.37. The molecule has 0 bridgehead atoms. The zero-order chi connectivity index (χ0) is 20.5. The highest BCUT2D eigenvalue weighted by Crippen LogP contribution is 2.35. The molecule has 5 rings (SSSR count). The van der Waals surface area contributed by atoms with Gasteiger partial charge in [0.25, 0.3) is 5.56 Å². The summed E-state index contributed by atoms with van der Waals surface area (Å²) in [4.78, 5) is 20.8. The van der Waals surface area contributed by atoms with Crippen molar-refractivity contribution in [3.8, 4) is 5.69 Å². The van der Waals surface area contributed by atoms with Crippen molar-refractivity contribution < 1.29 is 0 Å². The van der Waals surface area contributed by atoms with Crippen LogP contribution in [0, 0.1) is 0 Å². The predicted molar refractivity (Wildman–Crippen MR) is 120 cm³/mol. The van der Waals surface area contributed by atoms with E-state index >= 15 is 0 Å². The van der Waals surface area contributed by atoms with Crippen molar-refractivity contribution in [3.63, 3.8) is 0 Å². The second kappa shape index (κ2) is 8.31. The van der Waals surface area contributed by atoms with Crippen LogP contribution in [0.4, 0.5) is 0 Å². The van der Waals surface area contributed by atoms with Crippen LogP contribution in [0.15, 0.2) is 40.3 Å². The molecule has 4 aromatic rings. The van der Waals surface area contributed by atoms with Gasteiger partial charge in [0.15, 0.2) is 11.0 Å². The fourth-order valence-electron chi connectivity index (χ4n) is 3.93. The van der Waals surface area contributed by atoms with Gasteiger partial charge < -0.3 is 0 Å². The topological polar surface area (TPSA) is 78.5 Å². The number of para-hydroxylation sites is 1. The van der Waals surface area contributed by atoms with E-state index in [0.29, 0.717) is 10.9 Å². The molecule has 3 heterocycles. The lowest BCUT2D eigenvalue weighted by Crippen LogP contribution is -2.22. The second-order valence-electron chi connectivity index (χ2n) is 7.37. The van der Waals surface area contributed by atoms with Gasteiger partial charge in [0, 0.05) is 11.4 Å². The minimum absolute atomic E-state index is 0.0289. The molecule has 0 aliphatic heterocycles. The first-order chi connectivity index (χ1) is 14.8. The number of aryl methyl sites for hydroxylation is 3. The van der Waals surface area contributed by atoms with Gasteiger partial charge in [-0.2, -0.15) is 0 Å². The molecule has 0 amide bonds. The first-order valence-electron chi connectivity index (χ1n) is 10.3. The summed E-state index contributed by atoms with van der Waals surface area (Å²) in [7, 11) is 0. The van der Waals surface area contributed by atoms with Gasteiger partial charge in [0.1, 0.15) is 4.83 Å². The number of thiophene rings is 1. The Hall–Kier alpha value is -2.52. The molecule has 0 spiro atoms. The number of aromatic nitrogens is 6. The Bertz CT molecular complexity index is 1240. The average molecular weight is 439 g/mol. The molecule has 1 aliphatic carbocycles. The predicted octanol–water partition coefficient (Wildman–Crippen LogP) is 4.01. The van der Waals surface area contributed by atoms with Crippen molar-refractivity contribution >= 4 is 33.3 Å². The smallest absolute Gasteiger partial charge is 0.267 e. The number of nitrogens with zero attached hydrogens (tertiary/aromatic N) is 6. The van der Waals surface area contributed by atoms with E-state index < -0.39 is 0 Å². The molecule has 0 unspecified atom stereocenters. The van der Waals surface area contributed by atoms with E-state index in [1.165, 1.54) is 28.6 Å². The maximum atomic E-state index is 13.7. The van der Waals surface area contributed by atoms with Crippen LogP contribution in [0.25, 0.3) is 15.9 Å². The molecule has 9 heteroatoms. The van der Waals surface area contributed by atoms with E-state index in [1.54, 1.807) is 15.9 Å².